The quantitative estimate of drug-likeness (QED) is 0.515. The monoisotopic (exact) mass is 357 g/mol. The molecular weight excluding hydrogens is 349 g/mol. The minimum absolute atomic E-state index is 0.162. The maximum Gasteiger partial charge on any atom is 0.366 e. The summed E-state index contributed by atoms with van der Waals surface area (Å²) in [6, 6.07) is 3.89. The van der Waals surface area contributed by atoms with Crippen molar-refractivity contribution in [3.63, 3.8) is 0 Å². The van der Waals surface area contributed by atoms with Gasteiger partial charge in [0, 0.05) is 10.0 Å². The van der Waals surface area contributed by atoms with E-state index in [0.717, 1.165) is 0 Å². The molecule has 1 aromatic carbocycles. The van der Waals surface area contributed by atoms with Crippen molar-refractivity contribution in [3.8, 4) is 0 Å². The molecule has 1 N–H and O–H groups in total. The summed E-state index contributed by atoms with van der Waals surface area (Å²) in [5.41, 5.74) is -0.122. The Morgan fingerprint density at radius 1 is 1.57 bits per heavy atom. The van der Waals surface area contributed by atoms with Gasteiger partial charge in [0.25, 0.3) is 0 Å². The number of halogens is 2. The van der Waals surface area contributed by atoms with Gasteiger partial charge in [-0.25, -0.2) is 9.18 Å². The lowest BCUT2D eigenvalue weighted by Gasteiger charge is -2.05. The number of H-pyrrole nitrogens is 1. The zero-order valence-corrected chi connectivity index (χ0v) is 12.3. The van der Waals surface area contributed by atoms with E-state index >= 15 is 0 Å². The molecule has 2 aromatic rings. The van der Waals surface area contributed by atoms with E-state index in [1.807, 2.05) is 0 Å². The van der Waals surface area contributed by atoms with Gasteiger partial charge in [-0.1, -0.05) is 22.0 Å². The van der Waals surface area contributed by atoms with Crippen LogP contribution in [0.1, 0.15) is 21.7 Å². The standard InChI is InChI=1S/C12H9BrFN3O4/c1-6-11(17(19)20)10(16-15-6)12(18)21-5-7-2-3-8(14)4-9(7)13/h2-4H,5H2,1H3,(H,15,16). The number of hydrogen-bond donors (Lipinski definition) is 1. The molecule has 1 aromatic heterocycles. The molecule has 0 saturated heterocycles. The minimum atomic E-state index is -0.928. The number of carbonyl (C=O) groups is 1. The molecule has 1 heterocycles. The van der Waals surface area contributed by atoms with Crippen molar-refractivity contribution in [1.29, 1.82) is 0 Å². The first-order valence-corrected chi connectivity index (χ1v) is 6.50. The van der Waals surface area contributed by atoms with Gasteiger partial charge in [0.05, 0.1) is 4.92 Å². The Balaban J connectivity index is 2.14. The van der Waals surface area contributed by atoms with Gasteiger partial charge in [0.15, 0.2) is 0 Å². The summed E-state index contributed by atoms with van der Waals surface area (Å²) in [6.45, 7) is 1.27. The molecule has 9 heteroatoms. The number of aromatic nitrogens is 2. The van der Waals surface area contributed by atoms with Crippen LogP contribution in [0.15, 0.2) is 22.7 Å². The number of nitro groups is 1. The molecule has 7 nitrogen and oxygen atoms in total. The fourth-order valence-corrected chi connectivity index (χ4v) is 2.10. The van der Waals surface area contributed by atoms with E-state index in [9.17, 15) is 19.3 Å². The largest absolute Gasteiger partial charge is 0.456 e. The predicted molar refractivity (Wildman–Crippen MR) is 73.2 cm³/mol. The van der Waals surface area contributed by atoms with E-state index in [-0.39, 0.29) is 12.3 Å². The van der Waals surface area contributed by atoms with Gasteiger partial charge < -0.3 is 4.74 Å². The number of esters is 1. The van der Waals surface area contributed by atoms with Crippen LogP contribution in [0.4, 0.5) is 10.1 Å². The van der Waals surface area contributed by atoms with Gasteiger partial charge in [-0.15, -0.1) is 0 Å². The number of benzene rings is 1. The van der Waals surface area contributed by atoms with Gasteiger partial charge >= 0.3 is 11.7 Å². The van der Waals surface area contributed by atoms with E-state index in [2.05, 4.69) is 26.1 Å². The van der Waals surface area contributed by atoms with E-state index in [1.54, 1.807) is 0 Å². The molecule has 0 atom stereocenters. The predicted octanol–water partition coefficient (Wildman–Crippen LogP) is 2.88. The molecule has 0 radical (unpaired) electrons. The third kappa shape index (κ3) is 3.24. The number of carbonyl (C=O) groups excluding carboxylic acids is 1. The highest BCUT2D eigenvalue weighted by atomic mass is 79.9. The van der Waals surface area contributed by atoms with Crippen molar-refractivity contribution < 1.29 is 18.8 Å². The second-order valence-corrected chi connectivity index (χ2v) is 4.97. The molecule has 0 spiro atoms. The number of rotatable bonds is 4. The number of nitrogens with zero attached hydrogens (tertiary/aromatic N) is 2. The van der Waals surface area contributed by atoms with Gasteiger partial charge in [0.1, 0.15) is 18.1 Å². The van der Waals surface area contributed by atoms with Crippen LogP contribution in [-0.2, 0) is 11.3 Å². The summed E-state index contributed by atoms with van der Waals surface area (Å²) in [5, 5.41) is 16.8. The zero-order valence-electron chi connectivity index (χ0n) is 10.7. The Kier molecular flexibility index (Phi) is 4.32. The fourth-order valence-electron chi connectivity index (χ4n) is 1.64. The molecule has 0 unspecified atom stereocenters. The Morgan fingerprint density at radius 2 is 2.29 bits per heavy atom. The van der Waals surface area contributed by atoms with Crippen molar-refractivity contribution in [2.24, 2.45) is 0 Å². The van der Waals surface area contributed by atoms with Crippen molar-refractivity contribution in [1.82, 2.24) is 10.2 Å². The van der Waals surface area contributed by atoms with Gasteiger partial charge in [0.2, 0.25) is 5.69 Å². The molecule has 0 saturated carbocycles. The van der Waals surface area contributed by atoms with Crippen LogP contribution in [0, 0.1) is 22.9 Å². The maximum absolute atomic E-state index is 12.9. The molecule has 2 rings (SSSR count). The highest BCUT2D eigenvalue weighted by molar-refractivity contribution is 9.10. The second kappa shape index (κ2) is 6.00. The van der Waals surface area contributed by atoms with E-state index in [0.29, 0.717) is 10.0 Å². The normalized spacial score (nSPS) is 10.4. The summed E-state index contributed by atoms with van der Waals surface area (Å²) in [5.74, 6) is -1.36. The van der Waals surface area contributed by atoms with Gasteiger partial charge in [-0.2, -0.15) is 5.10 Å². The van der Waals surface area contributed by atoms with Crippen molar-refractivity contribution in [2.45, 2.75) is 13.5 Å². The number of ether oxygens (including phenoxy) is 1. The average molecular weight is 358 g/mol. The topological polar surface area (TPSA) is 98.1 Å². The number of aryl methyl sites for hydroxylation is 1. The summed E-state index contributed by atoms with van der Waals surface area (Å²) < 4.78 is 18.3. The van der Waals surface area contributed by atoms with Crippen molar-refractivity contribution in [3.05, 3.63) is 55.6 Å². The molecule has 21 heavy (non-hydrogen) atoms. The van der Waals surface area contributed by atoms with Gasteiger partial charge in [-0.05, 0) is 19.1 Å². The first-order chi connectivity index (χ1) is 9.90. The first kappa shape index (κ1) is 15.1. The minimum Gasteiger partial charge on any atom is -0.456 e. The Hall–Kier alpha value is -2.29. The first-order valence-electron chi connectivity index (χ1n) is 5.70. The summed E-state index contributed by atoms with van der Waals surface area (Å²) in [7, 11) is 0. The lowest BCUT2D eigenvalue weighted by Crippen LogP contribution is -2.08. The second-order valence-electron chi connectivity index (χ2n) is 4.11. The SMILES string of the molecule is Cc1[nH]nc(C(=O)OCc2ccc(F)cc2Br)c1[N+](=O)[O-]. The van der Waals surface area contributed by atoms with Crippen molar-refractivity contribution in [2.75, 3.05) is 0 Å². The molecule has 0 aliphatic heterocycles. The lowest BCUT2D eigenvalue weighted by atomic mass is 10.2. The molecular formula is C12H9BrFN3O4. The fraction of sp³-hybridized carbons (Fsp3) is 0.167. The average Bonchev–Trinajstić information content (AvgIpc) is 2.79. The van der Waals surface area contributed by atoms with Crippen LogP contribution in [-0.4, -0.2) is 21.1 Å². The van der Waals surface area contributed by atoms with Crippen LogP contribution in [0.5, 0.6) is 0 Å². The number of hydrogen-bond acceptors (Lipinski definition) is 5. The summed E-state index contributed by atoms with van der Waals surface area (Å²) in [6.07, 6.45) is 0. The molecule has 0 bridgehead atoms. The van der Waals surface area contributed by atoms with Crippen LogP contribution < -0.4 is 0 Å². The number of aromatic amines is 1. The summed E-state index contributed by atoms with van der Waals surface area (Å²) in [4.78, 5) is 22.0. The van der Waals surface area contributed by atoms with Crippen LogP contribution >= 0.6 is 15.9 Å². The molecule has 0 amide bonds. The molecule has 0 aliphatic carbocycles. The van der Waals surface area contributed by atoms with Crippen LogP contribution in [0.3, 0.4) is 0 Å². The molecule has 110 valence electrons. The van der Waals surface area contributed by atoms with Crippen molar-refractivity contribution >= 4 is 27.6 Å². The lowest BCUT2D eigenvalue weighted by molar-refractivity contribution is -0.385. The maximum atomic E-state index is 12.9. The van der Waals surface area contributed by atoms with Crippen LogP contribution in [0.2, 0.25) is 0 Å². The van der Waals surface area contributed by atoms with Crippen LogP contribution in [0.25, 0.3) is 0 Å². The highest BCUT2D eigenvalue weighted by Gasteiger charge is 2.28. The Bertz CT molecular complexity index is 717. The highest BCUT2D eigenvalue weighted by Crippen LogP contribution is 2.23. The number of nitrogens with one attached hydrogen (secondary N) is 1. The van der Waals surface area contributed by atoms with E-state index in [1.165, 1.54) is 25.1 Å². The zero-order chi connectivity index (χ0) is 15.6. The third-order valence-corrected chi connectivity index (χ3v) is 3.40. The third-order valence-electron chi connectivity index (χ3n) is 2.66. The summed E-state index contributed by atoms with van der Waals surface area (Å²) >= 11 is 3.13. The molecule has 0 fully saturated rings. The van der Waals surface area contributed by atoms with E-state index < -0.39 is 28.1 Å². The Labute approximate surface area is 126 Å². The van der Waals surface area contributed by atoms with Gasteiger partial charge in [-0.3, -0.25) is 15.2 Å². The Morgan fingerprint density at radius 3 is 2.90 bits per heavy atom. The smallest absolute Gasteiger partial charge is 0.366 e. The van der Waals surface area contributed by atoms with E-state index in [4.69, 9.17) is 4.74 Å². The molecule has 0 aliphatic rings.